The fourth-order valence-corrected chi connectivity index (χ4v) is 3.74. The number of urea groups is 1. The van der Waals surface area contributed by atoms with Crippen LogP contribution in [-0.4, -0.2) is 55.2 Å². The second-order valence-electron chi connectivity index (χ2n) is 7.12. The van der Waals surface area contributed by atoms with Crippen molar-refractivity contribution in [3.63, 3.8) is 0 Å². The SMILES string of the molecule is CCN(C(=O)Nc1cc(OC)ccc1OC(F)F)[C@H]1CCN(Cc2ccccc2)C1. The summed E-state index contributed by atoms with van der Waals surface area (Å²) in [5, 5.41) is 2.71. The molecule has 1 aliphatic heterocycles. The zero-order valence-electron chi connectivity index (χ0n) is 17.2. The van der Waals surface area contributed by atoms with Gasteiger partial charge in [-0.1, -0.05) is 30.3 Å². The van der Waals surface area contributed by atoms with Crippen LogP contribution in [0, 0.1) is 0 Å². The summed E-state index contributed by atoms with van der Waals surface area (Å²) in [6, 6.07) is 14.2. The number of hydrogen-bond acceptors (Lipinski definition) is 4. The third-order valence-corrected chi connectivity index (χ3v) is 5.18. The molecule has 1 saturated heterocycles. The van der Waals surface area contributed by atoms with Crippen LogP contribution >= 0.6 is 0 Å². The number of ether oxygens (including phenoxy) is 2. The first-order valence-corrected chi connectivity index (χ1v) is 9.97. The minimum absolute atomic E-state index is 0.0452. The van der Waals surface area contributed by atoms with Crippen molar-refractivity contribution in [3.05, 3.63) is 54.1 Å². The quantitative estimate of drug-likeness (QED) is 0.688. The van der Waals surface area contributed by atoms with Gasteiger partial charge in [0.15, 0.2) is 0 Å². The maximum Gasteiger partial charge on any atom is 0.387 e. The van der Waals surface area contributed by atoms with E-state index in [2.05, 4.69) is 27.1 Å². The van der Waals surface area contributed by atoms with Gasteiger partial charge >= 0.3 is 12.6 Å². The van der Waals surface area contributed by atoms with E-state index < -0.39 is 6.61 Å². The van der Waals surface area contributed by atoms with E-state index in [1.807, 2.05) is 25.1 Å². The number of amides is 2. The van der Waals surface area contributed by atoms with Crippen LogP contribution in [0.2, 0.25) is 0 Å². The molecule has 1 aliphatic rings. The predicted octanol–water partition coefficient (Wildman–Crippen LogP) is 4.42. The topological polar surface area (TPSA) is 54.0 Å². The Morgan fingerprint density at radius 2 is 2.03 bits per heavy atom. The van der Waals surface area contributed by atoms with Crippen LogP contribution in [0.3, 0.4) is 0 Å². The van der Waals surface area contributed by atoms with E-state index in [0.29, 0.717) is 12.3 Å². The molecule has 0 spiro atoms. The molecule has 6 nitrogen and oxygen atoms in total. The average Bonchev–Trinajstić information content (AvgIpc) is 3.18. The number of nitrogens with one attached hydrogen (secondary N) is 1. The van der Waals surface area contributed by atoms with E-state index in [9.17, 15) is 13.6 Å². The smallest absolute Gasteiger partial charge is 0.387 e. The van der Waals surface area contributed by atoms with E-state index in [1.54, 1.807) is 4.90 Å². The fraction of sp³-hybridized carbons (Fsp3) is 0.409. The Morgan fingerprint density at radius 3 is 2.70 bits per heavy atom. The first kappa shape index (κ1) is 21.8. The zero-order valence-corrected chi connectivity index (χ0v) is 17.2. The van der Waals surface area contributed by atoms with Gasteiger partial charge in [0.05, 0.1) is 12.8 Å². The van der Waals surface area contributed by atoms with Crippen molar-refractivity contribution in [1.82, 2.24) is 9.80 Å². The monoisotopic (exact) mass is 419 g/mol. The number of hydrogen-bond donors (Lipinski definition) is 1. The minimum Gasteiger partial charge on any atom is -0.497 e. The molecule has 3 rings (SSSR count). The van der Waals surface area contributed by atoms with Crippen molar-refractivity contribution < 1.29 is 23.0 Å². The van der Waals surface area contributed by atoms with Gasteiger partial charge in [-0.25, -0.2) is 4.79 Å². The summed E-state index contributed by atoms with van der Waals surface area (Å²) < 4.78 is 35.1. The molecule has 0 saturated carbocycles. The van der Waals surface area contributed by atoms with Gasteiger partial charge in [0.2, 0.25) is 0 Å². The van der Waals surface area contributed by atoms with Crippen molar-refractivity contribution >= 4 is 11.7 Å². The lowest BCUT2D eigenvalue weighted by molar-refractivity contribution is -0.0494. The summed E-state index contributed by atoms with van der Waals surface area (Å²) >= 11 is 0. The van der Waals surface area contributed by atoms with Gasteiger partial charge < -0.3 is 19.7 Å². The molecule has 2 aromatic carbocycles. The van der Waals surface area contributed by atoms with Crippen LogP contribution in [0.4, 0.5) is 19.3 Å². The van der Waals surface area contributed by atoms with Gasteiger partial charge in [0.25, 0.3) is 0 Å². The van der Waals surface area contributed by atoms with E-state index in [-0.39, 0.29) is 23.5 Å². The number of alkyl halides is 2. The van der Waals surface area contributed by atoms with E-state index in [4.69, 9.17) is 4.74 Å². The fourth-order valence-electron chi connectivity index (χ4n) is 3.74. The van der Waals surface area contributed by atoms with Gasteiger partial charge in [-0.05, 0) is 31.0 Å². The average molecular weight is 419 g/mol. The van der Waals surface area contributed by atoms with Gasteiger partial charge in [-0.3, -0.25) is 4.90 Å². The number of nitrogens with zero attached hydrogens (tertiary/aromatic N) is 2. The van der Waals surface area contributed by atoms with Crippen LogP contribution in [0.5, 0.6) is 11.5 Å². The number of methoxy groups -OCH3 is 1. The summed E-state index contributed by atoms with van der Waals surface area (Å²) in [4.78, 5) is 17.0. The molecule has 162 valence electrons. The number of likely N-dealkylation sites (tertiary alicyclic amines) is 1. The van der Waals surface area contributed by atoms with Gasteiger partial charge in [0, 0.05) is 38.3 Å². The highest BCUT2D eigenvalue weighted by molar-refractivity contribution is 5.91. The Kier molecular flexibility index (Phi) is 7.46. The normalized spacial score (nSPS) is 16.5. The van der Waals surface area contributed by atoms with Crippen molar-refractivity contribution in [2.75, 3.05) is 32.1 Å². The molecule has 2 amide bonds. The second kappa shape index (κ2) is 10.2. The summed E-state index contributed by atoms with van der Waals surface area (Å²) in [7, 11) is 1.47. The molecule has 0 aliphatic carbocycles. The number of halogens is 2. The number of rotatable bonds is 8. The number of anilines is 1. The Morgan fingerprint density at radius 1 is 1.27 bits per heavy atom. The molecule has 0 unspecified atom stereocenters. The van der Waals surface area contributed by atoms with Crippen molar-refractivity contribution in [1.29, 1.82) is 0 Å². The highest BCUT2D eigenvalue weighted by Crippen LogP contribution is 2.31. The molecule has 1 N–H and O–H groups in total. The predicted molar refractivity (Wildman–Crippen MR) is 111 cm³/mol. The molecular weight excluding hydrogens is 392 g/mol. The summed E-state index contributed by atoms with van der Waals surface area (Å²) in [5.74, 6) is 0.331. The molecule has 0 aromatic heterocycles. The number of carbonyl (C=O) groups is 1. The maximum absolute atomic E-state index is 12.9. The third-order valence-electron chi connectivity index (χ3n) is 5.18. The molecule has 2 aromatic rings. The highest BCUT2D eigenvalue weighted by Gasteiger charge is 2.30. The van der Waals surface area contributed by atoms with E-state index in [0.717, 1.165) is 26.1 Å². The van der Waals surface area contributed by atoms with Crippen molar-refractivity contribution in [2.45, 2.75) is 32.5 Å². The number of carbonyl (C=O) groups excluding carboxylic acids is 1. The molecule has 1 fully saturated rings. The lowest BCUT2D eigenvalue weighted by atomic mass is 10.2. The zero-order chi connectivity index (χ0) is 21.5. The first-order chi connectivity index (χ1) is 14.5. The highest BCUT2D eigenvalue weighted by atomic mass is 19.3. The Hall–Kier alpha value is -2.87. The number of likely N-dealkylation sites (N-methyl/N-ethyl adjacent to an activating group) is 1. The third kappa shape index (κ3) is 5.60. The Balaban J connectivity index is 1.66. The molecular formula is C22H27F2N3O3. The largest absolute Gasteiger partial charge is 0.497 e. The van der Waals surface area contributed by atoms with Gasteiger partial charge in [0.1, 0.15) is 11.5 Å². The molecule has 0 radical (unpaired) electrons. The van der Waals surface area contributed by atoms with Crippen LogP contribution in [0.1, 0.15) is 18.9 Å². The molecule has 1 heterocycles. The lowest BCUT2D eigenvalue weighted by Gasteiger charge is -2.28. The van der Waals surface area contributed by atoms with Crippen LogP contribution in [-0.2, 0) is 6.54 Å². The lowest BCUT2D eigenvalue weighted by Crippen LogP contribution is -2.44. The summed E-state index contributed by atoms with van der Waals surface area (Å²) in [6.45, 7) is 1.90. The van der Waals surface area contributed by atoms with Crippen LogP contribution < -0.4 is 14.8 Å². The number of benzene rings is 2. The van der Waals surface area contributed by atoms with Crippen molar-refractivity contribution in [2.24, 2.45) is 0 Å². The Labute approximate surface area is 175 Å². The van der Waals surface area contributed by atoms with Gasteiger partial charge in [-0.2, -0.15) is 8.78 Å². The van der Waals surface area contributed by atoms with Gasteiger partial charge in [-0.15, -0.1) is 0 Å². The van der Waals surface area contributed by atoms with Crippen molar-refractivity contribution in [3.8, 4) is 11.5 Å². The summed E-state index contributed by atoms with van der Waals surface area (Å²) in [5.41, 5.74) is 1.38. The first-order valence-electron chi connectivity index (χ1n) is 9.97. The van der Waals surface area contributed by atoms with E-state index >= 15 is 0 Å². The summed E-state index contributed by atoms with van der Waals surface area (Å²) in [6.07, 6.45) is 0.854. The van der Waals surface area contributed by atoms with Crippen LogP contribution in [0.25, 0.3) is 0 Å². The Bertz CT molecular complexity index is 836. The van der Waals surface area contributed by atoms with Crippen LogP contribution in [0.15, 0.2) is 48.5 Å². The second-order valence-corrected chi connectivity index (χ2v) is 7.12. The minimum atomic E-state index is -2.99. The standard InChI is InChI=1S/C22H27F2N3O3/c1-3-27(17-11-12-26(15-17)14-16-7-5-4-6-8-16)22(28)25-19-13-18(29-2)9-10-20(19)30-21(23)24/h4-10,13,17,21H,3,11-12,14-15H2,1-2H3,(H,25,28)/t17-/m0/s1. The van der Waals surface area contributed by atoms with E-state index in [1.165, 1.54) is 30.9 Å². The molecule has 8 heteroatoms. The molecule has 1 atom stereocenters. The molecule has 30 heavy (non-hydrogen) atoms. The molecule has 0 bridgehead atoms. The maximum atomic E-state index is 12.9.